The zero-order chi connectivity index (χ0) is 24.0. The van der Waals surface area contributed by atoms with Gasteiger partial charge in [-0.15, -0.1) is 0 Å². The summed E-state index contributed by atoms with van der Waals surface area (Å²) in [6.45, 7) is 10.00. The molecule has 1 aromatic rings. The number of nitrogens with one attached hydrogen (secondary N) is 1. The van der Waals surface area contributed by atoms with Gasteiger partial charge in [-0.1, -0.05) is 75.1 Å². The molecule has 33 heavy (non-hydrogen) atoms. The van der Waals surface area contributed by atoms with Crippen LogP contribution in [0.5, 0.6) is 0 Å². The van der Waals surface area contributed by atoms with E-state index in [1.165, 1.54) is 0 Å². The van der Waals surface area contributed by atoms with E-state index in [1.54, 1.807) is 19.1 Å². The first-order chi connectivity index (χ1) is 15.6. The summed E-state index contributed by atoms with van der Waals surface area (Å²) in [5.41, 5.74) is -0.544. The summed E-state index contributed by atoms with van der Waals surface area (Å²) in [6.07, 6.45) is 6.88. The van der Waals surface area contributed by atoms with Gasteiger partial charge in [-0.05, 0) is 49.2 Å². The molecule has 5 nitrogen and oxygen atoms in total. The van der Waals surface area contributed by atoms with Crippen LogP contribution in [0.3, 0.4) is 0 Å². The van der Waals surface area contributed by atoms with Gasteiger partial charge in [0, 0.05) is 17.9 Å². The molecule has 0 radical (unpaired) electrons. The van der Waals surface area contributed by atoms with Crippen molar-refractivity contribution in [1.29, 1.82) is 0 Å². The minimum atomic E-state index is -1.25. The van der Waals surface area contributed by atoms with Crippen LogP contribution in [0.25, 0.3) is 0 Å². The fourth-order valence-electron chi connectivity index (χ4n) is 6.61. The zero-order valence-electron chi connectivity index (χ0n) is 19.8. The summed E-state index contributed by atoms with van der Waals surface area (Å²) in [5, 5.41) is 37.0. The molecule has 1 spiro atoms. The van der Waals surface area contributed by atoms with Gasteiger partial charge in [-0.2, -0.15) is 0 Å². The van der Waals surface area contributed by atoms with Crippen LogP contribution >= 0.6 is 0 Å². The summed E-state index contributed by atoms with van der Waals surface area (Å²) in [6, 6.07) is 9.80. The molecule has 1 saturated heterocycles. The monoisotopic (exact) mass is 451 g/mol. The molecule has 2 fully saturated rings. The van der Waals surface area contributed by atoms with E-state index in [0.29, 0.717) is 24.8 Å². The summed E-state index contributed by atoms with van der Waals surface area (Å²) in [7, 11) is 0. The second kappa shape index (κ2) is 8.86. The van der Waals surface area contributed by atoms with E-state index < -0.39 is 29.1 Å². The Labute approximate surface area is 196 Å². The maximum absolute atomic E-state index is 13.8. The number of hydrogen-bond donors (Lipinski definition) is 4. The van der Waals surface area contributed by atoms with Crippen LogP contribution < -0.4 is 5.32 Å². The second-order valence-corrected chi connectivity index (χ2v) is 10.7. The lowest BCUT2D eigenvalue weighted by Gasteiger charge is -2.51. The van der Waals surface area contributed by atoms with Gasteiger partial charge >= 0.3 is 0 Å². The molecule has 0 unspecified atom stereocenters. The van der Waals surface area contributed by atoms with Crippen molar-refractivity contribution in [2.24, 2.45) is 29.1 Å². The topological polar surface area (TPSA) is 89.8 Å². The highest BCUT2D eigenvalue weighted by Gasteiger charge is 2.67. The predicted molar refractivity (Wildman–Crippen MR) is 129 cm³/mol. The molecule has 178 valence electrons. The Hall–Kier alpha value is -2.21. The van der Waals surface area contributed by atoms with Crippen molar-refractivity contribution in [3.63, 3.8) is 0 Å². The minimum Gasteiger partial charge on any atom is -0.388 e. The average molecular weight is 452 g/mol. The number of hydrogen-bond acceptors (Lipinski definition) is 4. The lowest BCUT2D eigenvalue weighted by atomic mass is 9.51. The van der Waals surface area contributed by atoms with Crippen LogP contribution in [0.2, 0.25) is 0 Å². The van der Waals surface area contributed by atoms with Gasteiger partial charge in [0.05, 0.1) is 23.2 Å². The fourth-order valence-corrected chi connectivity index (χ4v) is 6.61. The Morgan fingerprint density at radius 3 is 2.55 bits per heavy atom. The van der Waals surface area contributed by atoms with Crippen molar-refractivity contribution in [3.8, 4) is 0 Å². The number of amides is 1. The number of carbonyl (C=O) groups is 1. The number of allylic oxidation sites excluding steroid dienone is 1. The van der Waals surface area contributed by atoms with E-state index in [2.05, 4.69) is 18.8 Å². The maximum Gasteiger partial charge on any atom is 0.230 e. The minimum absolute atomic E-state index is 0.176. The van der Waals surface area contributed by atoms with Gasteiger partial charge in [0.25, 0.3) is 0 Å². The van der Waals surface area contributed by atoms with Gasteiger partial charge < -0.3 is 20.6 Å². The van der Waals surface area contributed by atoms with Gasteiger partial charge in [0.2, 0.25) is 5.91 Å². The highest BCUT2D eigenvalue weighted by molar-refractivity contribution is 5.88. The van der Waals surface area contributed by atoms with Crippen LogP contribution in [-0.4, -0.2) is 45.1 Å². The first-order valence-electron chi connectivity index (χ1n) is 12.1. The Morgan fingerprint density at radius 2 is 1.85 bits per heavy atom. The Balaban J connectivity index is 1.85. The van der Waals surface area contributed by atoms with Crippen molar-refractivity contribution in [3.05, 3.63) is 72.4 Å². The number of aliphatic hydroxyl groups is 3. The molecule has 0 bridgehead atoms. The largest absolute Gasteiger partial charge is 0.388 e. The van der Waals surface area contributed by atoms with E-state index >= 15 is 0 Å². The van der Waals surface area contributed by atoms with E-state index in [9.17, 15) is 20.1 Å². The van der Waals surface area contributed by atoms with Crippen LogP contribution in [0.4, 0.5) is 0 Å². The molecule has 1 amide bonds. The third-order valence-electron chi connectivity index (χ3n) is 8.16. The summed E-state index contributed by atoms with van der Waals surface area (Å²) in [5.74, 6) is -1.09. The Bertz CT molecular complexity index is 952. The Kier molecular flexibility index (Phi) is 6.43. The quantitative estimate of drug-likeness (QED) is 0.520. The van der Waals surface area contributed by atoms with E-state index in [0.717, 1.165) is 5.56 Å². The summed E-state index contributed by atoms with van der Waals surface area (Å²) in [4.78, 5) is 13.8. The molecule has 0 aromatic heterocycles. The molecule has 4 rings (SSSR count). The third-order valence-corrected chi connectivity index (χ3v) is 8.16. The lowest BCUT2D eigenvalue weighted by Crippen LogP contribution is -2.59. The Morgan fingerprint density at radius 1 is 1.15 bits per heavy atom. The second-order valence-electron chi connectivity index (χ2n) is 10.7. The number of aliphatic hydroxyl groups excluding tert-OH is 2. The highest BCUT2D eigenvalue weighted by atomic mass is 16.3. The van der Waals surface area contributed by atoms with Crippen LogP contribution in [0.1, 0.15) is 39.2 Å². The van der Waals surface area contributed by atoms with Crippen molar-refractivity contribution >= 4 is 5.91 Å². The number of carbonyl (C=O) groups excluding carboxylic acids is 1. The maximum atomic E-state index is 13.8. The van der Waals surface area contributed by atoms with E-state index in [1.807, 2.05) is 49.4 Å². The number of rotatable bonds is 2. The van der Waals surface area contributed by atoms with Gasteiger partial charge in [0.15, 0.2) is 0 Å². The first kappa shape index (κ1) is 23.9. The van der Waals surface area contributed by atoms with Gasteiger partial charge in [-0.3, -0.25) is 4.79 Å². The van der Waals surface area contributed by atoms with E-state index in [-0.39, 0.29) is 29.7 Å². The SMILES string of the molecule is C=C1[C@@H](C)[C@H]2[C@@H](Cc3ccccc3)NC(=O)[C@@]23[C@H](O)C=C[C@](C)(O)C[C@@H](C)CC=C[C@H]3[C@@H]1O. The summed E-state index contributed by atoms with van der Waals surface area (Å²) >= 11 is 0. The van der Waals surface area contributed by atoms with Crippen molar-refractivity contribution in [1.82, 2.24) is 5.32 Å². The molecule has 5 heteroatoms. The molecule has 1 saturated carbocycles. The predicted octanol–water partition coefficient (Wildman–Crippen LogP) is 3.17. The van der Waals surface area contributed by atoms with Gasteiger partial charge in [-0.25, -0.2) is 0 Å². The average Bonchev–Trinajstić information content (AvgIpc) is 3.04. The number of benzene rings is 1. The van der Waals surface area contributed by atoms with Crippen molar-refractivity contribution < 1.29 is 20.1 Å². The van der Waals surface area contributed by atoms with Crippen molar-refractivity contribution in [2.75, 3.05) is 0 Å². The highest BCUT2D eigenvalue weighted by Crippen LogP contribution is 2.57. The van der Waals surface area contributed by atoms with Crippen LogP contribution in [-0.2, 0) is 11.2 Å². The lowest BCUT2D eigenvalue weighted by molar-refractivity contribution is -0.147. The van der Waals surface area contributed by atoms with Crippen LogP contribution in [0.15, 0.2) is 66.8 Å². The molecule has 1 aromatic carbocycles. The van der Waals surface area contributed by atoms with E-state index in [4.69, 9.17) is 0 Å². The van der Waals surface area contributed by atoms with Gasteiger partial charge in [0.1, 0.15) is 0 Å². The molecule has 2 aliphatic carbocycles. The third kappa shape index (κ3) is 4.11. The molecule has 1 aliphatic heterocycles. The molecule has 1 heterocycles. The molecular weight excluding hydrogens is 414 g/mol. The fraction of sp³-hybridized carbons (Fsp3) is 0.536. The first-order valence-corrected chi connectivity index (χ1v) is 12.1. The smallest absolute Gasteiger partial charge is 0.230 e. The molecule has 4 N–H and O–H groups in total. The molecule has 9 atom stereocenters. The van der Waals surface area contributed by atoms with Crippen LogP contribution in [0, 0.1) is 29.1 Å². The normalized spacial score (nSPS) is 43.4. The standard InChI is InChI=1S/C28H37NO4/c1-17-9-8-12-21-25(31)19(3)18(2)24-22(15-20-10-6-5-7-11-20)29-26(32)28(21,24)23(30)13-14-27(4,33)16-17/h5-8,10-14,17-18,21-25,30-31,33H,3,9,15-16H2,1-2,4H3,(H,29,32)/t17-,18+,21-,22+,23+,24-,25+,27-,28-/m0/s1. The zero-order valence-corrected chi connectivity index (χ0v) is 19.8. The summed E-state index contributed by atoms with van der Waals surface area (Å²) < 4.78 is 0. The molecular formula is C28H37NO4. The molecule has 3 aliphatic rings. The van der Waals surface area contributed by atoms with Crippen molar-refractivity contribution in [2.45, 2.75) is 63.9 Å².